The topological polar surface area (TPSA) is 52.1 Å². The number of methoxy groups -OCH3 is 1. The third-order valence-electron chi connectivity index (χ3n) is 3.53. The predicted molar refractivity (Wildman–Crippen MR) is 98.1 cm³/mol. The molecule has 0 aliphatic rings. The molecule has 0 N–H and O–H groups in total. The number of Topliss-reactive ketones (excluding diaryl/α,β-unsaturated/α-hetero) is 1. The number of nitrogens with zero attached hydrogens (tertiary/aromatic N) is 2. The van der Waals surface area contributed by atoms with Crippen LogP contribution in [0.25, 0.3) is 11.4 Å². The van der Waals surface area contributed by atoms with E-state index in [2.05, 4.69) is 9.36 Å². The first-order valence-electron chi connectivity index (χ1n) is 7.37. The lowest BCUT2D eigenvalue weighted by atomic mass is 10.1. The summed E-state index contributed by atoms with van der Waals surface area (Å²) in [5, 5.41) is 0. The molecule has 0 spiro atoms. The number of aryl methyl sites for hydroxylation is 1. The Labute approximate surface area is 149 Å². The maximum Gasteiger partial charge on any atom is 0.174 e. The maximum absolute atomic E-state index is 12.2. The summed E-state index contributed by atoms with van der Waals surface area (Å²) in [6, 6.07) is 15.2. The largest absolute Gasteiger partial charge is 0.497 e. The van der Waals surface area contributed by atoms with Crippen molar-refractivity contribution in [2.45, 2.75) is 11.3 Å². The average molecular weight is 356 g/mol. The predicted octanol–water partition coefficient (Wildman–Crippen LogP) is 4.50. The van der Waals surface area contributed by atoms with Crippen molar-refractivity contribution in [1.82, 2.24) is 9.36 Å². The fraction of sp³-hybridized carbons (Fsp3) is 0.167. The Hall–Kier alpha value is -2.18. The molecule has 0 fully saturated rings. The molecular weight excluding hydrogens is 340 g/mol. The number of hydrogen-bond acceptors (Lipinski definition) is 6. The Kier molecular flexibility index (Phi) is 5.27. The van der Waals surface area contributed by atoms with E-state index in [0.29, 0.717) is 11.3 Å². The van der Waals surface area contributed by atoms with Gasteiger partial charge in [-0.3, -0.25) is 4.79 Å². The van der Waals surface area contributed by atoms with Crippen molar-refractivity contribution in [3.05, 3.63) is 59.7 Å². The number of carbonyl (C=O) groups is 1. The summed E-state index contributed by atoms with van der Waals surface area (Å²) in [6.07, 6.45) is 0. The van der Waals surface area contributed by atoms with Crippen LogP contribution in [0.2, 0.25) is 0 Å². The Morgan fingerprint density at radius 3 is 2.62 bits per heavy atom. The molecule has 122 valence electrons. The number of aromatic nitrogens is 2. The lowest BCUT2D eigenvalue weighted by Crippen LogP contribution is -2.02. The van der Waals surface area contributed by atoms with Crippen LogP contribution >= 0.6 is 23.3 Å². The first-order chi connectivity index (χ1) is 11.7. The van der Waals surface area contributed by atoms with E-state index in [4.69, 9.17) is 4.74 Å². The molecule has 0 aliphatic carbocycles. The fourth-order valence-corrected chi connectivity index (χ4v) is 3.69. The van der Waals surface area contributed by atoms with Gasteiger partial charge in [-0.25, -0.2) is 4.98 Å². The van der Waals surface area contributed by atoms with E-state index < -0.39 is 0 Å². The van der Waals surface area contributed by atoms with Crippen LogP contribution < -0.4 is 4.74 Å². The summed E-state index contributed by atoms with van der Waals surface area (Å²) in [4.78, 5) is 16.8. The minimum atomic E-state index is 0.0651. The highest BCUT2D eigenvalue weighted by Gasteiger charge is 2.12. The van der Waals surface area contributed by atoms with Crippen LogP contribution in [0.4, 0.5) is 0 Å². The molecule has 0 unspecified atom stereocenters. The van der Waals surface area contributed by atoms with Gasteiger partial charge in [0.15, 0.2) is 15.9 Å². The molecule has 4 nitrogen and oxygen atoms in total. The number of ether oxygens (including phenoxy) is 1. The fourth-order valence-electron chi connectivity index (χ4n) is 2.19. The van der Waals surface area contributed by atoms with Crippen LogP contribution in [0.1, 0.15) is 15.9 Å². The van der Waals surface area contributed by atoms with Crippen molar-refractivity contribution in [3.8, 4) is 17.1 Å². The lowest BCUT2D eigenvalue weighted by Gasteiger charge is -2.02. The quantitative estimate of drug-likeness (QED) is 0.481. The molecule has 24 heavy (non-hydrogen) atoms. The number of benzene rings is 2. The second-order valence-corrected chi connectivity index (χ2v) is 7.11. The van der Waals surface area contributed by atoms with Gasteiger partial charge in [0.1, 0.15) is 5.75 Å². The molecule has 0 radical (unpaired) electrons. The number of carbonyl (C=O) groups excluding carboxylic acids is 1. The van der Waals surface area contributed by atoms with Gasteiger partial charge in [-0.2, -0.15) is 4.37 Å². The molecule has 0 aliphatic heterocycles. The summed E-state index contributed by atoms with van der Waals surface area (Å²) in [6.45, 7) is 2.04. The number of thioether (sulfide) groups is 1. The third kappa shape index (κ3) is 3.83. The van der Waals surface area contributed by atoms with Crippen molar-refractivity contribution in [2.75, 3.05) is 12.9 Å². The molecule has 0 saturated carbocycles. The van der Waals surface area contributed by atoms with E-state index in [1.54, 1.807) is 31.4 Å². The average Bonchev–Trinajstić information content (AvgIpc) is 3.09. The first kappa shape index (κ1) is 16.7. The zero-order chi connectivity index (χ0) is 16.9. The molecule has 3 rings (SSSR count). The van der Waals surface area contributed by atoms with Crippen molar-refractivity contribution >= 4 is 29.1 Å². The molecule has 1 aromatic heterocycles. The Morgan fingerprint density at radius 1 is 1.17 bits per heavy atom. The molecule has 0 atom stereocenters. The van der Waals surface area contributed by atoms with Crippen LogP contribution in [0.3, 0.4) is 0 Å². The summed E-state index contributed by atoms with van der Waals surface area (Å²) in [5.74, 6) is 1.87. The van der Waals surface area contributed by atoms with Crippen molar-refractivity contribution < 1.29 is 9.53 Å². The number of ketones is 1. The molecule has 0 bridgehead atoms. The molecular formula is C18H16N2O2S2. The second kappa shape index (κ2) is 7.59. The highest BCUT2D eigenvalue weighted by molar-refractivity contribution is 8.01. The summed E-state index contributed by atoms with van der Waals surface area (Å²) >= 11 is 2.74. The highest BCUT2D eigenvalue weighted by atomic mass is 32.2. The van der Waals surface area contributed by atoms with Crippen LogP contribution in [0.5, 0.6) is 5.75 Å². The molecule has 3 aromatic rings. The number of hydrogen-bond donors (Lipinski definition) is 0. The molecule has 0 saturated heterocycles. The molecule has 2 aromatic carbocycles. The van der Waals surface area contributed by atoms with Gasteiger partial charge in [0.25, 0.3) is 0 Å². The van der Waals surface area contributed by atoms with E-state index in [1.807, 2.05) is 31.2 Å². The standard InChI is InChI=1S/C18H16N2O2S2/c1-12-5-3-4-6-15(12)17-19-18(24-20-17)23-11-16(21)13-7-9-14(22-2)10-8-13/h3-10H,11H2,1-2H3. The zero-order valence-electron chi connectivity index (χ0n) is 13.4. The van der Waals surface area contributed by atoms with Crippen molar-refractivity contribution in [3.63, 3.8) is 0 Å². The van der Waals surface area contributed by atoms with E-state index in [0.717, 1.165) is 27.0 Å². The molecule has 0 amide bonds. The summed E-state index contributed by atoms with van der Waals surface area (Å²) < 4.78 is 10.3. The van der Waals surface area contributed by atoms with E-state index in [9.17, 15) is 4.79 Å². The van der Waals surface area contributed by atoms with Crippen LogP contribution in [-0.4, -0.2) is 28.0 Å². The van der Waals surface area contributed by atoms with Gasteiger partial charge in [0.2, 0.25) is 0 Å². The van der Waals surface area contributed by atoms with Gasteiger partial charge in [-0.1, -0.05) is 36.0 Å². The minimum absolute atomic E-state index is 0.0651. The van der Waals surface area contributed by atoms with Gasteiger partial charge in [-0.05, 0) is 48.3 Å². The number of rotatable bonds is 6. The van der Waals surface area contributed by atoms with Gasteiger partial charge in [-0.15, -0.1) is 0 Å². The second-order valence-electron chi connectivity index (χ2n) is 5.14. The molecule has 6 heteroatoms. The monoisotopic (exact) mass is 356 g/mol. The third-order valence-corrected chi connectivity index (χ3v) is 5.37. The van der Waals surface area contributed by atoms with Crippen molar-refractivity contribution in [2.24, 2.45) is 0 Å². The summed E-state index contributed by atoms with van der Waals surface area (Å²) in [5.41, 5.74) is 2.84. The van der Waals surface area contributed by atoms with Crippen LogP contribution in [0.15, 0.2) is 52.9 Å². The van der Waals surface area contributed by atoms with Gasteiger partial charge >= 0.3 is 0 Å². The lowest BCUT2D eigenvalue weighted by molar-refractivity contribution is 0.102. The Balaban J connectivity index is 1.65. The summed E-state index contributed by atoms with van der Waals surface area (Å²) in [7, 11) is 1.61. The Morgan fingerprint density at radius 2 is 1.92 bits per heavy atom. The molecule has 1 heterocycles. The highest BCUT2D eigenvalue weighted by Crippen LogP contribution is 2.27. The van der Waals surface area contributed by atoms with Crippen LogP contribution in [-0.2, 0) is 0 Å². The normalized spacial score (nSPS) is 10.6. The SMILES string of the molecule is COc1ccc(C(=O)CSc2nc(-c3ccccc3C)ns2)cc1. The van der Waals surface area contributed by atoms with Gasteiger partial charge in [0, 0.05) is 11.1 Å². The first-order valence-corrected chi connectivity index (χ1v) is 9.13. The van der Waals surface area contributed by atoms with E-state index in [-0.39, 0.29) is 5.78 Å². The van der Waals surface area contributed by atoms with E-state index in [1.165, 1.54) is 23.3 Å². The Bertz CT molecular complexity index is 844. The maximum atomic E-state index is 12.2. The van der Waals surface area contributed by atoms with Crippen molar-refractivity contribution in [1.29, 1.82) is 0 Å². The van der Waals surface area contributed by atoms with E-state index >= 15 is 0 Å². The van der Waals surface area contributed by atoms with Gasteiger partial charge < -0.3 is 4.74 Å². The van der Waals surface area contributed by atoms with Crippen LogP contribution in [0, 0.1) is 6.92 Å². The minimum Gasteiger partial charge on any atom is -0.497 e. The smallest absolute Gasteiger partial charge is 0.174 e. The van der Waals surface area contributed by atoms with Gasteiger partial charge in [0.05, 0.1) is 12.9 Å². The zero-order valence-corrected chi connectivity index (χ0v) is 15.0.